The number of halogens is 1. The summed E-state index contributed by atoms with van der Waals surface area (Å²) >= 11 is 0. The SMILES string of the molecule is C=C(C)C(=O)OCCOc1cc(-c2ccc(-c3ccc(C4CCC(C)CC4)cc3)cc2F)c(OCCOC(=O)C(=C)C)cc1CCCO. The van der Waals surface area contributed by atoms with Crippen molar-refractivity contribution in [2.24, 2.45) is 5.92 Å². The van der Waals surface area contributed by atoms with Crippen LogP contribution in [0.3, 0.4) is 0 Å². The number of aliphatic hydroxyl groups is 1. The van der Waals surface area contributed by atoms with Gasteiger partial charge < -0.3 is 24.1 Å². The van der Waals surface area contributed by atoms with Crippen molar-refractivity contribution in [1.29, 1.82) is 0 Å². The average Bonchev–Trinajstić information content (AvgIpc) is 3.08. The molecule has 48 heavy (non-hydrogen) atoms. The van der Waals surface area contributed by atoms with E-state index in [0.29, 0.717) is 41.4 Å². The Hall–Kier alpha value is -4.43. The van der Waals surface area contributed by atoms with Gasteiger partial charge in [-0.3, -0.25) is 0 Å². The van der Waals surface area contributed by atoms with Gasteiger partial charge in [0.2, 0.25) is 0 Å². The summed E-state index contributed by atoms with van der Waals surface area (Å²) in [7, 11) is 0. The van der Waals surface area contributed by atoms with E-state index < -0.39 is 17.8 Å². The Morgan fingerprint density at radius 1 is 0.771 bits per heavy atom. The summed E-state index contributed by atoms with van der Waals surface area (Å²) in [5, 5.41) is 9.52. The minimum Gasteiger partial charge on any atom is -0.490 e. The van der Waals surface area contributed by atoms with E-state index in [1.54, 1.807) is 32.0 Å². The zero-order valence-corrected chi connectivity index (χ0v) is 28.3. The second kappa shape index (κ2) is 17.6. The lowest BCUT2D eigenvalue weighted by molar-refractivity contribution is -0.140. The maximum atomic E-state index is 16.0. The number of ether oxygens (including phenoxy) is 4. The van der Waals surface area contributed by atoms with E-state index in [2.05, 4.69) is 44.3 Å². The van der Waals surface area contributed by atoms with Gasteiger partial charge in [0.15, 0.2) is 0 Å². The lowest BCUT2D eigenvalue weighted by atomic mass is 9.79. The van der Waals surface area contributed by atoms with Crippen molar-refractivity contribution >= 4 is 11.9 Å². The van der Waals surface area contributed by atoms with Crippen LogP contribution in [0.1, 0.15) is 69.9 Å². The van der Waals surface area contributed by atoms with E-state index >= 15 is 4.39 Å². The molecule has 0 saturated heterocycles. The molecule has 256 valence electrons. The summed E-state index contributed by atoms with van der Waals surface area (Å²) in [4.78, 5) is 23.7. The predicted molar refractivity (Wildman–Crippen MR) is 186 cm³/mol. The average molecular weight is 659 g/mol. The van der Waals surface area contributed by atoms with Gasteiger partial charge in [0.05, 0.1) is 0 Å². The summed E-state index contributed by atoms with van der Waals surface area (Å²) in [5.74, 6) is 0.693. The van der Waals surface area contributed by atoms with Crippen molar-refractivity contribution in [3.63, 3.8) is 0 Å². The molecule has 0 aromatic heterocycles. The fourth-order valence-electron chi connectivity index (χ4n) is 5.80. The number of aryl methyl sites for hydroxylation is 1. The van der Waals surface area contributed by atoms with Crippen LogP contribution in [0.4, 0.5) is 4.39 Å². The molecule has 0 bridgehead atoms. The molecule has 1 N–H and O–H groups in total. The minimum atomic E-state index is -0.526. The molecule has 0 atom stereocenters. The van der Waals surface area contributed by atoms with Crippen molar-refractivity contribution < 1.29 is 38.0 Å². The molecule has 0 heterocycles. The molecular formula is C40H47FO7. The third-order valence-corrected chi connectivity index (χ3v) is 8.60. The second-order valence-corrected chi connectivity index (χ2v) is 12.6. The van der Waals surface area contributed by atoms with Gasteiger partial charge in [-0.1, -0.05) is 69.3 Å². The largest absolute Gasteiger partial charge is 0.490 e. The molecule has 4 rings (SSSR count). The van der Waals surface area contributed by atoms with E-state index in [-0.39, 0.29) is 44.2 Å². The van der Waals surface area contributed by atoms with Crippen molar-refractivity contribution in [1.82, 2.24) is 0 Å². The quantitative estimate of drug-likeness (QED) is 0.0939. The predicted octanol–water partition coefficient (Wildman–Crippen LogP) is 8.37. The Morgan fingerprint density at radius 3 is 1.92 bits per heavy atom. The Labute approximate surface area is 283 Å². The molecule has 1 saturated carbocycles. The topological polar surface area (TPSA) is 91.3 Å². The molecule has 1 fully saturated rings. The fourth-order valence-corrected chi connectivity index (χ4v) is 5.80. The number of aliphatic hydroxyl groups excluding tert-OH is 1. The normalized spacial score (nSPS) is 15.8. The summed E-state index contributed by atoms with van der Waals surface area (Å²) < 4.78 is 38.5. The maximum absolute atomic E-state index is 16.0. The Kier molecular flexibility index (Phi) is 13.4. The maximum Gasteiger partial charge on any atom is 0.333 e. The number of benzene rings is 3. The first-order chi connectivity index (χ1) is 23.1. The summed E-state index contributed by atoms with van der Waals surface area (Å²) in [6.07, 6.45) is 5.82. The van der Waals surface area contributed by atoms with Crippen molar-refractivity contribution in [2.45, 2.75) is 65.2 Å². The standard InChI is InChI=1S/C40H47FO7/c1-26(2)39(43)47-21-19-45-37-25-35(38(24-33(37)7-6-18-42)46-20-22-48-40(44)27(3)4)34-17-16-32(23-36(34)41)31-14-12-30(13-15-31)29-10-8-28(5)9-11-29/h12-17,23-25,28-29,42H,1,3,6-11,18-22H2,2,4-5H3. The van der Waals surface area contributed by atoms with Crippen molar-refractivity contribution in [3.8, 4) is 33.8 Å². The lowest BCUT2D eigenvalue weighted by Crippen LogP contribution is -2.14. The van der Waals surface area contributed by atoms with Gasteiger partial charge in [0, 0.05) is 28.9 Å². The molecule has 3 aromatic carbocycles. The third kappa shape index (κ3) is 10.0. The van der Waals surface area contributed by atoms with E-state index in [1.807, 2.05) is 6.07 Å². The molecule has 0 aliphatic heterocycles. The van der Waals surface area contributed by atoms with Gasteiger partial charge in [-0.05, 0) is 91.8 Å². The van der Waals surface area contributed by atoms with Gasteiger partial charge in [-0.15, -0.1) is 0 Å². The summed E-state index contributed by atoms with van der Waals surface area (Å²) in [5.41, 5.74) is 5.03. The van der Waals surface area contributed by atoms with Crippen LogP contribution >= 0.6 is 0 Å². The molecule has 0 amide bonds. The highest BCUT2D eigenvalue weighted by Gasteiger charge is 2.21. The van der Waals surface area contributed by atoms with Crippen LogP contribution in [0.25, 0.3) is 22.3 Å². The van der Waals surface area contributed by atoms with E-state index in [4.69, 9.17) is 18.9 Å². The van der Waals surface area contributed by atoms with E-state index in [9.17, 15) is 14.7 Å². The van der Waals surface area contributed by atoms with Crippen LogP contribution in [0, 0.1) is 11.7 Å². The van der Waals surface area contributed by atoms with E-state index in [1.165, 1.54) is 37.3 Å². The van der Waals surface area contributed by atoms with E-state index in [0.717, 1.165) is 22.6 Å². The van der Waals surface area contributed by atoms with Gasteiger partial charge in [-0.2, -0.15) is 0 Å². The number of carbonyl (C=O) groups excluding carboxylic acids is 2. The smallest absolute Gasteiger partial charge is 0.333 e. The third-order valence-electron chi connectivity index (χ3n) is 8.60. The molecule has 1 aliphatic carbocycles. The Morgan fingerprint density at radius 2 is 1.35 bits per heavy atom. The molecule has 8 heteroatoms. The second-order valence-electron chi connectivity index (χ2n) is 12.6. The first kappa shape index (κ1) is 36.4. The Balaban J connectivity index is 1.62. The van der Waals surface area contributed by atoms with Crippen LogP contribution < -0.4 is 9.47 Å². The van der Waals surface area contributed by atoms with Gasteiger partial charge in [0.25, 0.3) is 0 Å². The number of esters is 2. The summed E-state index contributed by atoms with van der Waals surface area (Å²) in [6.45, 7) is 12.6. The molecule has 3 aromatic rings. The van der Waals surface area contributed by atoms with Gasteiger partial charge in [0.1, 0.15) is 43.7 Å². The molecular weight excluding hydrogens is 611 g/mol. The molecule has 1 aliphatic rings. The molecule has 7 nitrogen and oxygen atoms in total. The highest BCUT2D eigenvalue weighted by molar-refractivity contribution is 5.87. The van der Waals surface area contributed by atoms with Gasteiger partial charge >= 0.3 is 11.9 Å². The zero-order valence-electron chi connectivity index (χ0n) is 28.3. The zero-order chi connectivity index (χ0) is 34.6. The fraction of sp³-hybridized carbons (Fsp3) is 0.400. The lowest BCUT2D eigenvalue weighted by Gasteiger charge is -2.26. The number of hydrogen-bond donors (Lipinski definition) is 1. The van der Waals surface area contributed by atoms with Crippen LogP contribution in [0.15, 0.2) is 78.9 Å². The Bertz CT molecular complexity index is 1590. The van der Waals surface area contributed by atoms with Crippen LogP contribution in [-0.4, -0.2) is 50.1 Å². The van der Waals surface area contributed by atoms with Crippen LogP contribution in [0.2, 0.25) is 0 Å². The summed E-state index contributed by atoms with van der Waals surface area (Å²) in [6, 6.07) is 17.0. The monoisotopic (exact) mass is 658 g/mol. The van der Waals surface area contributed by atoms with Crippen molar-refractivity contribution in [2.75, 3.05) is 33.0 Å². The molecule has 0 spiro atoms. The number of carbonyl (C=O) groups is 2. The van der Waals surface area contributed by atoms with Crippen LogP contribution in [-0.2, 0) is 25.5 Å². The highest BCUT2D eigenvalue weighted by atomic mass is 19.1. The first-order valence-corrected chi connectivity index (χ1v) is 16.7. The first-order valence-electron chi connectivity index (χ1n) is 16.7. The highest BCUT2D eigenvalue weighted by Crippen LogP contribution is 2.40. The van der Waals surface area contributed by atoms with Crippen LogP contribution in [0.5, 0.6) is 11.5 Å². The molecule has 0 unspecified atom stereocenters. The minimum absolute atomic E-state index is 0.00543. The number of rotatable bonds is 16. The molecule has 0 radical (unpaired) electrons. The number of hydrogen-bond acceptors (Lipinski definition) is 7. The van der Waals surface area contributed by atoms with Crippen molar-refractivity contribution in [3.05, 3.63) is 95.8 Å². The van der Waals surface area contributed by atoms with Gasteiger partial charge in [-0.25, -0.2) is 14.0 Å².